The van der Waals surface area contributed by atoms with Gasteiger partial charge in [0.25, 0.3) is 5.91 Å². The maximum Gasteiger partial charge on any atom is 0.289 e. The van der Waals surface area contributed by atoms with Crippen LogP contribution >= 0.6 is 0 Å². The number of anilines is 1. The van der Waals surface area contributed by atoms with Gasteiger partial charge in [0.1, 0.15) is 0 Å². The van der Waals surface area contributed by atoms with Crippen molar-refractivity contribution in [3.05, 3.63) is 48.4 Å². The number of benzene rings is 1. The summed E-state index contributed by atoms with van der Waals surface area (Å²) >= 11 is 0. The first kappa shape index (κ1) is 22.5. The summed E-state index contributed by atoms with van der Waals surface area (Å²) in [7, 11) is -3.57. The Morgan fingerprint density at radius 3 is 2.25 bits per heavy atom. The number of nitrogens with one attached hydrogen (secondary N) is 2. The highest BCUT2D eigenvalue weighted by molar-refractivity contribution is 7.89. The van der Waals surface area contributed by atoms with Gasteiger partial charge in [-0.05, 0) is 62.1 Å². The molecule has 1 aliphatic heterocycles. The molecule has 9 heteroatoms. The Morgan fingerprint density at radius 2 is 1.62 bits per heavy atom. The molecular weight excluding hydrogens is 430 g/mol. The Morgan fingerprint density at radius 1 is 0.938 bits per heavy atom. The summed E-state index contributed by atoms with van der Waals surface area (Å²) in [5, 5.41) is 2.87. The molecule has 1 aromatic heterocycles. The summed E-state index contributed by atoms with van der Waals surface area (Å²) < 4.78 is 33.2. The lowest BCUT2D eigenvalue weighted by molar-refractivity contribution is -0.121. The first-order valence-corrected chi connectivity index (χ1v) is 12.7. The van der Waals surface area contributed by atoms with Crippen LogP contribution < -0.4 is 10.0 Å². The lowest BCUT2D eigenvalue weighted by Gasteiger charge is -2.30. The zero-order valence-corrected chi connectivity index (χ0v) is 18.8. The van der Waals surface area contributed by atoms with Crippen LogP contribution in [0.4, 0.5) is 5.69 Å². The van der Waals surface area contributed by atoms with Crippen molar-refractivity contribution in [2.75, 3.05) is 18.4 Å². The topological polar surface area (TPSA) is 109 Å². The lowest BCUT2D eigenvalue weighted by Crippen LogP contribution is -2.41. The Kier molecular flexibility index (Phi) is 6.95. The third-order valence-corrected chi connectivity index (χ3v) is 7.78. The molecule has 1 aromatic carbocycles. The van der Waals surface area contributed by atoms with E-state index in [1.165, 1.54) is 18.4 Å². The minimum absolute atomic E-state index is 0.00124. The molecule has 2 aliphatic rings. The van der Waals surface area contributed by atoms with E-state index in [0.717, 1.165) is 32.1 Å². The molecule has 0 unspecified atom stereocenters. The van der Waals surface area contributed by atoms with Crippen LogP contribution in [0.25, 0.3) is 0 Å². The van der Waals surface area contributed by atoms with Gasteiger partial charge in [0.05, 0.1) is 11.2 Å². The highest BCUT2D eigenvalue weighted by atomic mass is 32.2. The van der Waals surface area contributed by atoms with Crippen molar-refractivity contribution in [1.29, 1.82) is 0 Å². The number of rotatable bonds is 6. The van der Waals surface area contributed by atoms with Crippen LogP contribution in [0, 0.1) is 5.92 Å². The van der Waals surface area contributed by atoms with Crippen molar-refractivity contribution in [3.63, 3.8) is 0 Å². The Bertz CT molecular complexity index is 1020. The van der Waals surface area contributed by atoms with Crippen molar-refractivity contribution in [2.24, 2.45) is 5.92 Å². The van der Waals surface area contributed by atoms with Gasteiger partial charge in [-0.15, -0.1) is 0 Å². The van der Waals surface area contributed by atoms with Crippen molar-refractivity contribution in [1.82, 2.24) is 9.62 Å². The van der Waals surface area contributed by atoms with E-state index in [1.54, 1.807) is 29.2 Å². The van der Waals surface area contributed by atoms with E-state index < -0.39 is 10.0 Å². The molecule has 0 atom stereocenters. The molecule has 2 fully saturated rings. The van der Waals surface area contributed by atoms with E-state index in [-0.39, 0.29) is 28.7 Å². The Labute approximate surface area is 188 Å². The average molecular weight is 460 g/mol. The summed E-state index contributed by atoms with van der Waals surface area (Å²) in [5.74, 6) is -0.175. The van der Waals surface area contributed by atoms with Gasteiger partial charge in [-0.25, -0.2) is 13.1 Å². The molecule has 1 saturated heterocycles. The normalized spacial score (nSPS) is 18.4. The number of hydrogen-bond donors (Lipinski definition) is 2. The first-order valence-electron chi connectivity index (χ1n) is 11.2. The number of carbonyl (C=O) groups excluding carboxylic acids is 2. The summed E-state index contributed by atoms with van der Waals surface area (Å²) in [6.07, 6.45) is 7.61. The van der Waals surface area contributed by atoms with Crippen LogP contribution in [0.3, 0.4) is 0 Å². The fourth-order valence-corrected chi connectivity index (χ4v) is 5.68. The van der Waals surface area contributed by atoms with Gasteiger partial charge in [0.2, 0.25) is 15.9 Å². The SMILES string of the molecule is O=C(Nc1ccc(S(=O)(=O)NC2CCCCC2)cc1)C1CCN(C(=O)c2ccco2)CC1. The molecule has 2 heterocycles. The van der Waals surface area contributed by atoms with Gasteiger partial charge >= 0.3 is 0 Å². The Balaban J connectivity index is 1.29. The number of piperidine rings is 1. The van der Waals surface area contributed by atoms with Crippen LogP contribution in [0.15, 0.2) is 52.0 Å². The van der Waals surface area contributed by atoms with Gasteiger partial charge in [0.15, 0.2) is 5.76 Å². The molecular formula is C23H29N3O5S. The minimum atomic E-state index is -3.57. The van der Waals surface area contributed by atoms with E-state index in [0.29, 0.717) is 37.4 Å². The second-order valence-corrected chi connectivity index (χ2v) is 10.2. The second kappa shape index (κ2) is 9.87. The van der Waals surface area contributed by atoms with Gasteiger partial charge in [0, 0.05) is 30.7 Å². The number of carbonyl (C=O) groups is 2. The Hall–Kier alpha value is -2.65. The predicted molar refractivity (Wildman–Crippen MR) is 120 cm³/mol. The number of hydrogen-bond acceptors (Lipinski definition) is 5. The van der Waals surface area contributed by atoms with Crippen molar-refractivity contribution in [2.45, 2.75) is 55.9 Å². The fraction of sp³-hybridized carbons (Fsp3) is 0.478. The van der Waals surface area contributed by atoms with Crippen molar-refractivity contribution >= 4 is 27.5 Å². The van der Waals surface area contributed by atoms with Crippen molar-refractivity contribution < 1.29 is 22.4 Å². The third kappa shape index (κ3) is 5.39. The number of sulfonamides is 1. The highest BCUT2D eigenvalue weighted by Crippen LogP contribution is 2.23. The molecule has 2 N–H and O–H groups in total. The van der Waals surface area contributed by atoms with E-state index in [4.69, 9.17) is 4.42 Å². The molecule has 4 rings (SSSR count). The van der Waals surface area contributed by atoms with E-state index in [1.807, 2.05) is 0 Å². The minimum Gasteiger partial charge on any atom is -0.459 e. The van der Waals surface area contributed by atoms with Gasteiger partial charge in [-0.1, -0.05) is 19.3 Å². The first-order chi connectivity index (χ1) is 15.4. The molecule has 172 valence electrons. The third-order valence-electron chi connectivity index (χ3n) is 6.24. The smallest absolute Gasteiger partial charge is 0.289 e. The zero-order chi connectivity index (χ0) is 22.6. The maximum absolute atomic E-state index is 12.7. The van der Waals surface area contributed by atoms with Crippen LogP contribution in [0.1, 0.15) is 55.5 Å². The molecule has 2 amide bonds. The summed E-state index contributed by atoms with van der Waals surface area (Å²) in [6.45, 7) is 0.975. The van der Waals surface area contributed by atoms with Gasteiger partial charge in [-0.2, -0.15) is 0 Å². The highest BCUT2D eigenvalue weighted by Gasteiger charge is 2.29. The van der Waals surface area contributed by atoms with E-state index >= 15 is 0 Å². The number of furan rings is 1. The molecule has 2 aromatic rings. The second-order valence-electron chi connectivity index (χ2n) is 8.51. The molecule has 0 bridgehead atoms. The number of amides is 2. The van der Waals surface area contributed by atoms with Gasteiger partial charge in [-0.3, -0.25) is 9.59 Å². The van der Waals surface area contributed by atoms with Crippen LogP contribution in [-0.4, -0.2) is 44.3 Å². The molecule has 0 spiro atoms. The molecule has 1 saturated carbocycles. The average Bonchev–Trinajstić information content (AvgIpc) is 3.34. The molecule has 1 aliphatic carbocycles. The fourth-order valence-electron chi connectivity index (χ4n) is 4.37. The quantitative estimate of drug-likeness (QED) is 0.688. The van der Waals surface area contributed by atoms with Crippen LogP contribution in [0.2, 0.25) is 0 Å². The predicted octanol–water partition coefficient (Wildman–Crippen LogP) is 3.38. The van der Waals surface area contributed by atoms with Crippen LogP contribution in [0.5, 0.6) is 0 Å². The summed E-state index contributed by atoms with van der Waals surface area (Å²) in [5.41, 5.74) is 0.556. The molecule has 0 radical (unpaired) electrons. The summed E-state index contributed by atoms with van der Waals surface area (Å²) in [6, 6.07) is 9.58. The lowest BCUT2D eigenvalue weighted by atomic mass is 9.95. The van der Waals surface area contributed by atoms with E-state index in [9.17, 15) is 18.0 Å². The standard InChI is InChI=1S/C23H29N3O5S/c27-22(17-12-14-26(15-13-17)23(28)21-7-4-16-31-21)24-18-8-10-20(11-9-18)32(29,30)25-19-5-2-1-3-6-19/h4,7-11,16-17,19,25H,1-3,5-6,12-15H2,(H,24,27). The summed E-state index contributed by atoms with van der Waals surface area (Å²) in [4.78, 5) is 26.9. The number of likely N-dealkylation sites (tertiary alicyclic amines) is 1. The monoisotopic (exact) mass is 459 g/mol. The molecule has 32 heavy (non-hydrogen) atoms. The maximum atomic E-state index is 12.7. The zero-order valence-electron chi connectivity index (χ0n) is 18.0. The van der Waals surface area contributed by atoms with Crippen LogP contribution in [-0.2, 0) is 14.8 Å². The van der Waals surface area contributed by atoms with Crippen molar-refractivity contribution in [3.8, 4) is 0 Å². The molecule has 8 nitrogen and oxygen atoms in total. The van der Waals surface area contributed by atoms with E-state index in [2.05, 4.69) is 10.0 Å². The van der Waals surface area contributed by atoms with Gasteiger partial charge < -0.3 is 14.6 Å². The largest absolute Gasteiger partial charge is 0.459 e. The number of nitrogens with zero attached hydrogens (tertiary/aromatic N) is 1.